The molecule has 6 nitrogen and oxygen atoms in total. The Labute approximate surface area is 182 Å². The smallest absolute Gasteiger partial charge is 0.269 e. The number of halogens is 1. The first kappa shape index (κ1) is 20.8. The Balaban J connectivity index is 1.88. The first-order valence-corrected chi connectivity index (χ1v) is 9.98. The molecular formula is C22H19IN2O4. The lowest BCUT2D eigenvalue weighted by Gasteiger charge is -2.20. The highest BCUT2D eigenvalue weighted by molar-refractivity contribution is 14.1. The monoisotopic (exact) mass is 502 g/mol. The van der Waals surface area contributed by atoms with Gasteiger partial charge in [-0.3, -0.25) is 14.9 Å². The maximum atomic E-state index is 12.9. The average Bonchev–Trinajstić information content (AvgIpc) is 2.75. The summed E-state index contributed by atoms with van der Waals surface area (Å²) in [5.74, 6) is 0.607. The molecule has 0 heterocycles. The number of anilines is 1. The molecule has 0 aromatic heterocycles. The summed E-state index contributed by atoms with van der Waals surface area (Å²) < 4.78 is 6.23. The maximum absolute atomic E-state index is 12.9. The molecule has 0 fully saturated rings. The number of hydrogen-bond acceptors (Lipinski definition) is 5. The zero-order chi connectivity index (χ0) is 20.8. The van der Waals surface area contributed by atoms with Gasteiger partial charge in [0.25, 0.3) is 5.69 Å². The highest BCUT2D eigenvalue weighted by Gasteiger charge is 2.20. The molecule has 1 atom stereocenters. The van der Waals surface area contributed by atoms with Gasteiger partial charge in [0, 0.05) is 33.4 Å². The third-order valence-electron chi connectivity index (χ3n) is 4.47. The summed E-state index contributed by atoms with van der Waals surface area (Å²) in [7, 11) is 1.57. The molecule has 7 heteroatoms. The molecule has 0 amide bonds. The van der Waals surface area contributed by atoms with Crippen LogP contribution in [0, 0.1) is 13.7 Å². The summed E-state index contributed by atoms with van der Waals surface area (Å²) in [4.78, 5) is 23.6. The fourth-order valence-corrected chi connectivity index (χ4v) is 3.29. The number of Topliss-reactive ketones (excluding diaryl/α,β-unsaturated/α-hetero) is 1. The van der Waals surface area contributed by atoms with Gasteiger partial charge in [0.2, 0.25) is 0 Å². The topological polar surface area (TPSA) is 81.5 Å². The molecule has 0 saturated heterocycles. The molecule has 0 spiro atoms. The molecule has 3 aromatic rings. The number of nitrogens with one attached hydrogen (secondary N) is 1. The number of rotatable bonds is 8. The predicted octanol–water partition coefficient (Wildman–Crippen LogP) is 5.63. The van der Waals surface area contributed by atoms with Crippen LogP contribution >= 0.6 is 22.6 Å². The minimum absolute atomic E-state index is 0.00573. The molecule has 148 valence electrons. The first-order chi connectivity index (χ1) is 14.0. The molecule has 0 aliphatic heterocycles. The van der Waals surface area contributed by atoms with Crippen molar-refractivity contribution in [3.05, 3.63) is 97.6 Å². The lowest BCUT2D eigenvalue weighted by Crippen LogP contribution is -2.16. The third kappa shape index (κ3) is 5.54. The number of carbonyl (C=O) groups excluding carboxylic acids is 1. The number of carbonyl (C=O) groups is 1. The minimum atomic E-state index is -0.434. The van der Waals surface area contributed by atoms with Gasteiger partial charge in [-0.15, -0.1) is 0 Å². The summed E-state index contributed by atoms with van der Waals surface area (Å²) >= 11 is 2.22. The van der Waals surface area contributed by atoms with E-state index in [0.717, 1.165) is 9.26 Å². The Kier molecular flexibility index (Phi) is 6.82. The van der Waals surface area contributed by atoms with Gasteiger partial charge in [0.15, 0.2) is 5.78 Å². The zero-order valence-corrected chi connectivity index (χ0v) is 17.8. The maximum Gasteiger partial charge on any atom is 0.269 e. The molecule has 1 unspecified atom stereocenters. The van der Waals surface area contributed by atoms with Crippen molar-refractivity contribution in [1.29, 1.82) is 0 Å². The van der Waals surface area contributed by atoms with Gasteiger partial charge >= 0.3 is 0 Å². The Morgan fingerprint density at radius 2 is 1.79 bits per heavy atom. The number of ketones is 1. The second kappa shape index (κ2) is 9.51. The second-order valence-electron chi connectivity index (χ2n) is 6.41. The van der Waals surface area contributed by atoms with E-state index in [-0.39, 0.29) is 17.9 Å². The summed E-state index contributed by atoms with van der Waals surface area (Å²) in [5, 5.41) is 14.5. The Morgan fingerprint density at radius 3 is 2.41 bits per heavy atom. The van der Waals surface area contributed by atoms with Crippen LogP contribution in [0.2, 0.25) is 0 Å². The van der Waals surface area contributed by atoms with Crippen LogP contribution < -0.4 is 10.1 Å². The highest BCUT2D eigenvalue weighted by Crippen LogP contribution is 2.28. The second-order valence-corrected chi connectivity index (χ2v) is 7.66. The van der Waals surface area contributed by atoms with Crippen molar-refractivity contribution in [1.82, 2.24) is 0 Å². The summed E-state index contributed by atoms with van der Waals surface area (Å²) in [6, 6.07) is 20.6. The van der Waals surface area contributed by atoms with Crippen molar-refractivity contribution in [2.24, 2.45) is 0 Å². The fraction of sp³-hybridized carbons (Fsp3) is 0.136. The lowest BCUT2D eigenvalue weighted by molar-refractivity contribution is -0.384. The number of nitro benzene ring substituents is 1. The normalized spacial score (nSPS) is 11.5. The van der Waals surface area contributed by atoms with Gasteiger partial charge in [-0.1, -0.05) is 12.1 Å². The van der Waals surface area contributed by atoms with E-state index >= 15 is 0 Å². The molecule has 0 saturated carbocycles. The van der Waals surface area contributed by atoms with E-state index in [4.69, 9.17) is 4.74 Å². The van der Waals surface area contributed by atoms with Gasteiger partial charge in [-0.2, -0.15) is 0 Å². The van der Waals surface area contributed by atoms with E-state index in [1.54, 1.807) is 43.5 Å². The van der Waals surface area contributed by atoms with Gasteiger partial charge in [-0.05, 0) is 76.7 Å². The van der Waals surface area contributed by atoms with Crippen molar-refractivity contribution in [2.75, 3.05) is 12.4 Å². The van der Waals surface area contributed by atoms with Gasteiger partial charge in [0.1, 0.15) is 5.75 Å². The van der Waals surface area contributed by atoms with E-state index in [1.807, 2.05) is 24.3 Å². The third-order valence-corrected chi connectivity index (χ3v) is 5.19. The van der Waals surface area contributed by atoms with Crippen LogP contribution in [0.25, 0.3) is 0 Å². The first-order valence-electron chi connectivity index (χ1n) is 8.90. The molecule has 0 radical (unpaired) electrons. The molecule has 3 rings (SSSR count). The van der Waals surface area contributed by atoms with E-state index in [1.165, 1.54) is 12.1 Å². The standard InChI is InChI=1S/C22H19IN2O4/c1-29-20-11-5-15(6-12-20)22(26)14-21(24-18-9-7-17(23)8-10-18)16-3-2-4-19(13-16)25(27)28/h2-13,21,24H,14H2,1H3. The van der Waals surface area contributed by atoms with Gasteiger partial charge in [-0.25, -0.2) is 0 Å². The van der Waals surface area contributed by atoms with E-state index in [2.05, 4.69) is 27.9 Å². The molecule has 0 aliphatic carbocycles. The van der Waals surface area contributed by atoms with Crippen molar-refractivity contribution in [3.8, 4) is 5.75 Å². The number of nitro groups is 1. The van der Waals surface area contributed by atoms with Crippen LogP contribution in [-0.2, 0) is 0 Å². The Morgan fingerprint density at radius 1 is 1.10 bits per heavy atom. The quantitative estimate of drug-likeness (QED) is 0.187. The van der Waals surface area contributed by atoms with Gasteiger partial charge in [0.05, 0.1) is 18.1 Å². The largest absolute Gasteiger partial charge is 0.497 e. The van der Waals surface area contributed by atoms with E-state index in [0.29, 0.717) is 16.9 Å². The SMILES string of the molecule is COc1ccc(C(=O)CC(Nc2ccc(I)cc2)c2cccc([N+](=O)[O-])c2)cc1. The molecule has 3 aromatic carbocycles. The number of benzene rings is 3. The number of nitrogens with zero attached hydrogens (tertiary/aromatic N) is 1. The van der Waals surface area contributed by atoms with Crippen molar-refractivity contribution < 1.29 is 14.5 Å². The van der Waals surface area contributed by atoms with Crippen molar-refractivity contribution in [2.45, 2.75) is 12.5 Å². The zero-order valence-electron chi connectivity index (χ0n) is 15.7. The Bertz CT molecular complexity index is 1000. The fourth-order valence-electron chi connectivity index (χ4n) is 2.93. The van der Waals surface area contributed by atoms with Crippen LogP contribution in [0.4, 0.5) is 11.4 Å². The highest BCUT2D eigenvalue weighted by atomic mass is 127. The minimum Gasteiger partial charge on any atom is -0.497 e. The summed E-state index contributed by atoms with van der Waals surface area (Å²) in [6.45, 7) is 0. The van der Waals surface area contributed by atoms with Crippen LogP contribution in [-0.4, -0.2) is 17.8 Å². The number of non-ortho nitro benzene ring substituents is 1. The van der Waals surface area contributed by atoms with Crippen LogP contribution in [0.1, 0.15) is 28.4 Å². The molecule has 0 bridgehead atoms. The molecular weight excluding hydrogens is 483 g/mol. The average molecular weight is 502 g/mol. The molecule has 0 aliphatic rings. The van der Waals surface area contributed by atoms with Crippen LogP contribution in [0.15, 0.2) is 72.8 Å². The predicted molar refractivity (Wildman–Crippen MR) is 121 cm³/mol. The number of ether oxygens (including phenoxy) is 1. The number of hydrogen-bond donors (Lipinski definition) is 1. The summed E-state index contributed by atoms with van der Waals surface area (Å²) in [6.07, 6.45) is 0.152. The molecule has 1 N–H and O–H groups in total. The van der Waals surface area contributed by atoms with Crippen LogP contribution in [0.5, 0.6) is 5.75 Å². The number of methoxy groups -OCH3 is 1. The van der Waals surface area contributed by atoms with Gasteiger partial charge < -0.3 is 10.1 Å². The van der Waals surface area contributed by atoms with Crippen molar-refractivity contribution in [3.63, 3.8) is 0 Å². The van der Waals surface area contributed by atoms with Crippen LogP contribution in [0.3, 0.4) is 0 Å². The summed E-state index contributed by atoms with van der Waals surface area (Å²) in [5.41, 5.74) is 2.07. The Hall–Kier alpha value is -2.94. The molecule has 29 heavy (non-hydrogen) atoms. The van der Waals surface area contributed by atoms with E-state index < -0.39 is 11.0 Å². The van der Waals surface area contributed by atoms with E-state index in [9.17, 15) is 14.9 Å². The lowest BCUT2D eigenvalue weighted by atomic mass is 9.97. The van der Waals surface area contributed by atoms with Crippen molar-refractivity contribution >= 4 is 39.7 Å².